The second-order valence-corrected chi connectivity index (χ2v) is 8.86. The van der Waals surface area contributed by atoms with Gasteiger partial charge in [0.1, 0.15) is 6.54 Å². The highest BCUT2D eigenvalue weighted by Crippen LogP contribution is 2.36. The summed E-state index contributed by atoms with van der Waals surface area (Å²) >= 11 is 0. The van der Waals surface area contributed by atoms with E-state index in [1.165, 1.54) is 7.11 Å². The number of hydrogen-bond donors (Lipinski definition) is 1. The Hall–Kier alpha value is -3.14. The maximum Gasteiger partial charge on any atom is 0.241 e. The summed E-state index contributed by atoms with van der Waals surface area (Å²) < 4.78 is 47.0. The summed E-state index contributed by atoms with van der Waals surface area (Å²) in [6.45, 7) is 1.62. The van der Waals surface area contributed by atoms with Gasteiger partial charge in [-0.15, -0.1) is 0 Å². The fraction of sp³-hybridized carbons (Fsp3) is 0.381. The van der Waals surface area contributed by atoms with Gasteiger partial charge in [0.2, 0.25) is 22.7 Å². The lowest BCUT2D eigenvalue weighted by molar-refractivity contribution is -0.120. The van der Waals surface area contributed by atoms with Gasteiger partial charge in [0, 0.05) is 6.07 Å². The second-order valence-electron chi connectivity index (χ2n) is 6.95. The Bertz CT molecular complexity index is 1060. The lowest BCUT2D eigenvalue weighted by Gasteiger charge is -2.24. The van der Waals surface area contributed by atoms with Crippen LogP contribution < -0.4 is 28.6 Å². The number of carbonyl (C=O) groups excluding carboxylic acids is 1. The average Bonchev–Trinajstić information content (AvgIpc) is 3.22. The first kappa shape index (κ1) is 22.5. The third kappa shape index (κ3) is 5.13. The van der Waals surface area contributed by atoms with Gasteiger partial charge in [0.05, 0.1) is 32.2 Å². The van der Waals surface area contributed by atoms with Crippen LogP contribution in [0.1, 0.15) is 24.9 Å². The van der Waals surface area contributed by atoms with Gasteiger partial charge in [-0.25, -0.2) is 8.42 Å². The fourth-order valence-corrected chi connectivity index (χ4v) is 4.15. The minimum Gasteiger partial charge on any atom is -0.493 e. The Balaban J connectivity index is 1.79. The van der Waals surface area contributed by atoms with Crippen molar-refractivity contribution in [2.24, 2.45) is 0 Å². The zero-order chi connectivity index (χ0) is 22.6. The van der Waals surface area contributed by atoms with Crippen LogP contribution in [0.15, 0.2) is 36.4 Å². The SMILES string of the molecule is CCC(NC(=O)CN(c1ccc2c(c1)OCO2)S(C)(=O)=O)c1ccc(OC)c(OC)c1. The van der Waals surface area contributed by atoms with Gasteiger partial charge < -0.3 is 24.3 Å². The van der Waals surface area contributed by atoms with Crippen molar-refractivity contribution in [1.82, 2.24) is 5.32 Å². The number of nitrogens with zero attached hydrogens (tertiary/aromatic N) is 1. The number of rotatable bonds is 9. The smallest absolute Gasteiger partial charge is 0.241 e. The Labute approximate surface area is 181 Å². The molecule has 0 aliphatic carbocycles. The van der Waals surface area contributed by atoms with Gasteiger partial charge in [0.15, 0.2) is 23.0 Å². The Morgan fingerprint density at radius 3 is 2.45 bits per heavy atom. The largest absolute Gasteiger partial charge is 0.493 e. The predicted molar refractivity (Wildman–Crippen MR) is 115 cm³/mol. The Morgan fingerprint density at radius 2 is 1.81 bits per heavy atom. The van der Waals surface area contributed by atoms with E-state index in [0.717, 1.165) is 16.1 Å². The van der Waals surface area contributed by atoms with Crippen LogP contribution >= 0.6 is 0 Å². The molecule has 1 aliphatic rings. The maximum absolute atomic E-state index is 12.8. The lowest BCUT2D eigenvalue weighted by atomic mass is 10.0. The number of hydrogen-bond acceptors (Lipinski definition) is 7. The van der Waals surface area contributed by atoms with E-state index in [4.69, 9.17) is 18.9 Å². The zero-order valence-electron chi connectivity index (χ0n) is 17.9. The number of fused-ring (bicyclic) bond motifs is 1. The highest BCUT2D eigenvalue weighted by atomic mass is 32.2. The predicted octanol–water partition coefficient (Wildman–Crippen LogP) is 2.47. The topological polar surface area (TPSA) is 103 Å². The van der Waals surface area contributed by atoms with Crippen molar-refractivity contribution >= 4 is 21.6 Å². The van der Waals surface area contributed by atoms with Crippen molar-refractivity contribution in [3.63, 3.8) is 0 Å². The van der Waals surface area contributed by atoms with Crippen molar-refractivity contribution in [3.05, 3.63) is 42.0 Å². The van der Waals surface area contributed by atoms with E-state index in [9.17, 15) is 13.2 Å². The summed E-state index contributed by atoms with van der Waals surface area (Å²) in [4.78, 5) is 12.8. The van der Waals surface area contributed by atoms with Crippen molar-refractivity contribution < 1.29 is 32.2 Å². The molecule has 1 atom stereocenters. The molecular weight excluding hydrogens is 424 g/mol. The van der Waals surface area contributed by atoms with E-state index in [-0.39, 0.29) is 19.4 Å². The molecule has 0 fully saturated rings. The van der Waals surface area contributed by atoms with Gasteiger partial charge in [-0.1, -0.05) is 13.0 Å². The van der Waals surface area contributed by atoms with Crippen LogP contribution in [0.25, 0.3) is 0 Å². The molecule has 0 aromatic heterocycles. The number of nitrogens with one attached hydrogen (secondary N) is 1. The minimum absolute atomic E-state index is 0.0711. The van der Waals surface area contributed by atoms with E-state index in [2.05, 4.69) is 5.32 Å². The first-order valence-corrected chi connectivity index (χ1v) is 11.5. The summed E-state index contributed by atoms with van der Waals surface area (Å²) in [6.07, 6.45) is 1.65. The molecule has 2 aromatic carbocycles. The number of amides is 1. The highest BCUT2D eigenvalue weighted by molar-refractivity contribution is 7.92. The molecule has 3 rings (SSSR count). The monoisotopic (exact) mass is 450 g/mol. The molecule has 10 heteroatoms. The minimum atomic E-state index is -3.72. The molecule has 1 amide bonds. The quantitative estimate of drug-likeness (QED) is 0.626. The zero-order valence-corrected chi connectivity index (χ0v) is 18.7. The van der Waals surface area contributed by atoms with E-state index in [1.54, 1.807) is 37.4 Å². The number of methoxy groups -OCH3 is 2. The lowest BCUT2D eigenvalue weighted by Crippen LogP contribution is -2.41. The molecule has 31 heavy (non-hydrogen) atoms. The Morgan fingerprint density at radius 1 is 1.10 bits per heavy atom. The van der Waals surface area contributed by atoms with Gasteiger partial charge in [-0.3, -0.25) is 9.10 Å². The third-order valence-electron chi connectivity index (χ3n) is 4.89. The normalized spacial score (nSPS) is 13.4. The summed E-state index contributed by atoms with van der Waals surface area (Å²) in [5.41, 5.74) is 1.14. The van der Waals surface area contributed by atoms with Gasteiger partial charge in [-0.2, -0.15) is 0 Å². The van der Waals surface area contributed by atoms with Crippen molar-refractivity contribution in [2.75, 3.05) is 38.1 Å². The van der Waals surface area contributed by atoms with Crippen LogP contribution in [0.3, 0.4) is 0 Å². The maximum atomic E-state index is 12.8. The molecule has 1 N–H and O–H groups in total. The molecule has 1 unspecified atom stereocenters. The van der Waals surface area contributed by atoms with E-state index in [0.29, 0.717) is 35.1 Å². The number of sulfonamides is 1. The molecule has 168 valence electrons. The van der Waals surface area contributed by atoms with E-state index in [1.807, 2.05) is 13.0 Å². The van der Waals surface area contributed by atoms with Crippen LogP contribution in [-0.2, 0) is 14.8 Å². The summed E-state index contributed by atoms with van der Waals surface area (Å²) in [5, 5.41) is 2.90. The highest BCUT2D eigenvalue weighted by Gasteiger charge is 2.25. The van der Waals surface area contributed by atoms with Crippen molar-refractivity contribution in [2.45, 2.75) is 19.4 Å². The number of carbonyl (C=O) groups is 1. The average molecular weight is 451 g/mol. The van der Waals surface area contributed by atoms with Crippen LogP contribution in [0.5, 0.6) is 23.0 Å². The van der Waals surface area contributed by atoms with Gasteiger partial charge >= 0.3 is 0 Å². The molecule has 0 saturated heterocycles. The second kappa shape index (κ2) is 9.34. The molecule has 2 aromatic rings. The Kier molecular flexibility index (Phi) is 6.79. The first-order chi connectivity index (χ1) is 14.8. The molecule has 1 heterocycles. The standard InChI is InChI=1S/C21H26N2O7S/c1-5-16(14-6-8-17(27-2)19(10-14)28-3)22-21(24)12-23(31(4,25)26)15-7-9-18-20(11-15)30-13-29-18/h6-11,16H,5,12-13H2,1-4H3,(H,22,24). The van der Waals surface area contributed by atoms with Crippen molar-refractivity contribution in [1.29, 1.82) is 0 Å². The van der Waals surface area contributed by atoms with Gasteiger partial charge in [0.25, 0.3) is 0 Å². The molecule has 9 nitrogen and oxygen atoms in total. The van der Waals surface area contributed by atoms with Crippen LogP contribution in [0.4, 0.5) is 5.69 Å². The number of ether oxygens (including phenoxy) is 4. The fourth-order valence-electron chi connectivity index (χ4n) is 3.30. The molecule has 0 spiro atoms. The summed E-state index contributed by atoms with van der Waals surface area (Å²) in [7, 11) is -0.631. The molecular formula is C21H26N2O7S. The van der Waals surface area contributed by atoms with E-state index >= 15 is 0 Å². The molecule has 1 aliphatic heterocycles. The van der Waals surface area contributed by atoms with E-state index < -0.39 is 15.9 Å². The summed E-state index contributed by atoms with van der Waals surface area (Å²) in [5.74, 6) is 1.65. The van der Waals surface area contributed by atoms with Crippen LogP contribution in [-0.4, -0.2) is 48.1 Å². The van der Waals surface area contributed by atoms with Gasteiger partial charge in [-0.05, 0) is 36.2 Å². The van der Waals surface area contributed by atoms with Crippen molar-refractivity contribution in [3.8, 4) is 23.0 Å². The first-order valence-electron chi connectivity index (χ1n) is 9.65. The van der Waals surface area contributed by atoms with Crippen LogP contribution in [0.2, 0.25) is 0 Å². The molecule has 0 radical (unpaired) electrons. The third-order valence-corrected chi connectivity index (χ3v) is 6.03. The number of benzene rings is 2. The molecule has 0 saturated carbocycles. The summed E-state index contributed by atoms with van der Waals surface area (Å²) in [6, 6.07) is 9.80. The number of anilines is 1. The molecule has 0 bridgehead atoms. The van der Waals surface area contributed by atoms with Crippen LogP contribution in [0, 0.1) is 0 Å².